The second kappa shape index (κ2) is 5.05. The Hall–Kier alpha value is -0.790. The summed E-state index contributed by atoms with van der Waals surface area (Å²) < 4.78 is 0. The van der Waals surface area contributed by atoms with Gasteiger partial charge in [-0.1, -0.05) is 29.8 Å². The number of benzene rings is 1. The van der Waals surface area contributed by atoms with Gasteiger partial charge in [0.25, 0.3) is 0 Å². The Kier molecular flexibility index (Phi) is 4.00. The Morgan fingerprint density at radius 3 is 3.00 bits per heavy atom. The Bertz CT molecular complexity index is 283. The topological polar surface area (TPSA) is 12.0 Å². The van der Waals surface area contributed by atoms with Crippen molar-refractivity contribution in [2.75, 3.05) is 6.54 Å². The van der Waals surface area contributed by atoms with E-state index in [9.17, 15) is 0 Å². The standard InChI is InChI=1S/C11H14ClN/c1-3-7-13-9(2)10-5-4-6-11(12)8-10/h3-6,8-9,13H,1,7H2,2H3/t9-/m1/s1. The molecule has 0 heterocycles. The molecule has 0 aliphatic carbocycles. The first-order chi connectivity index (χ1) is 6.24. The van der Waals surface area contributed by atoms with E-state index in [0.717, 1.165) is 11.6 Å². The van der Waals surface area contributed by atoms with Crippen LogP contribution in [-0.4, -0.2) is 6.54 Å². The van der Waals surface area contributed by atoms with Gasteiger partial charge in [0.1, 0.15) is 0 Å². The van der Waals surface area contributed by atoms with Crippen molar-refractivity contribution >= 4 is 11.6 Å². The zero-order valence-corrected chi connectivity index (χ0v) is 8.51. The molecule has 0 aliphatic rings. The Morgan fingerprint density at radius 2 is 2.38 bits per heavy atom. The number of hydrogen-bond acceptors (Lipinski definition) is 1. The van der Waals surface area contributed by atoms with Crippen LogP contribution in [0, 0.1) is 0 Å². The second-order valence-electron chi connectivity index (χ2n) is 2.97. The van der Waals surface area contributed by atoms with E-state index in [1.54, 1.807) is 0 Å². The van der Waals surface area contributed by atoms with E-state index in [-0.39, 0.29) is 0 Å². The van der Waals surface area contributed by atoms with Crippen molar-refractivity contribution < 1.29 is 0 Å². The molecule has 1 N–H and O–H groups in total. The Morgan fingerprint density at radius 1 is 1.62 bits per heavy atom. The zero-order valence-electron chi connectivity index (χ0n) is 7.76. The van der Waals surface area contributed by atoms with E-state index < -0.39 is 0 Å². The number of halogens is 1. The fraction of sp³-hybridized carbons (Fsp3) is 0.273. The van der Waals surface area contributed by atoms with E-state index in [1.165, 1.54) is 5.56 Å². The summed E-state index contributed by atoms with van der Waals surface area (Å²) in [5.74, 6) is 0. The molecular formula is C11H14ClN. The molecule has 0 aliphatic heterocycles. The molecule has 1 aromatic carbocycles. The molecule has 0 saturated heterocycles. The normalized spacial score (nSPS) is 12.5. The van der Waals surface area contributed by atoms with Gasteiger partial charge < -0.3 is 5.32 Å². The van der Waals surface area contributed by atoms with Crippen LogP contribution in [0.1, 0.15) is 18.5 Å². The molecule has 1 rings (SSSR count). The van der Waals surface area contributed by atoms with Gasteiger partial charge in [-0.3, -0.25) is 0 Å². The molecule has 2 heteroatoms. The molecule has 0 amide bonds. The van der Waals surface area contributed by atoms with Gasteiger partial charge in [-0.05, 0) is 24.6 Å². The smallest absolute Gasteiger partial charge is 0.0409 e. The largest absolute Gasteiger partial charge is 0.307 e. The van der Waals surface area contributed by atoms with Crippen LogP contribution in [-0.2, 0) is 0 Å². The van der Waals surface area contributed by atoms with Crippen molar-refractivity contribution in [2.24, 2.45) is 0 Å². The summed E-state index contributed by atoms with van der Waals surface area (Å²) in [6.45, 7) is 6.57. The fourth-order valence-electron chi connectivity index (χ4n) is 1.15. The molecule has 1 aromatic rings. The highest BCUT2D eigenvalue weighted by Crippen LogP contribution is 2.16. The van der Waals surface area contributed by atoms with Gasteiger partial charge in [0.2, 0.25) is 0 Å². The highest BCUT2D eigenvalue weighted by Gasteiger charge is 2.02. The maximum atomic E-state index is 5.88. The molecule has 0 unspecified atom stereocenters. The summed E-state index contributed by atoms with van der Waals surface area (Å²) in [6.07, 6.45) is 1.85. The molecule has 0 spiro atoms. The first-order valence-electron chi connectivity index (χ1n) is 4.34. The lowest BCUT2D eigenvalue weighted by Crippen LogP contribution is -2.18. The van der Waals surface area contributed by atoms with Crippen molar-refractivity contribution in [3.8, 4) is 0 Å². The Labute approximate surface area is 84.4 Å². The van der Waals surface area contributed by atoms with E-state index >= 15 is 0 Å². The van der Waals surface area contributed by atoms with Crippen LogP contribution in [0.2, 0.25) is 5.02 Å². The minimum atomic E-state index is 0.316. The van der Waals surface area contributed by atoms with Gasteiger partial charge in [-0.2, -0.15) is 0 Å². The van der Waals surface area contributed by atoms with Crippen molar-refractivity contribution in [1.82, 2.24) is 5.32 Å². The van der Waals surface area contributed by atoms with Gasteiger partial charge in [0.15, 0.2) is 0 Å². The van der Waals surface area contributed by atoms with Crippen LogP contribution >= 0.6 is 11.6 Å². The highest BCUT2D eigenvalue weighted by atomic mass is 35.5. The van der Waals surface area contributed by atoms with Crippen LogP contribution in [0.4, 0.5) is 0 Å². The summed E-state index contributed by atoms with van der Waals surface area (Å²) in [5.41, 5.74) is 1.20. The van der Waals surface area contributed by atoms with Crippen molar-refractivity contribution in [3.63, 3.8) is 0 Å². The summed E-state index contributed by atoms with van der Waals surface area (Å²) in [7, 11) is 0. The van der Waals surface area contributed by atoms with E-state index in [0.29, 0.717) is 6.04 Å². The zero-order chi connectivity index (χ0) is 9.68. The summed E-state index contributed by atoms with van der Waals surface area (Å²) in [6, 6.07) is 8.20. The molecule has 1 atom stereocenters. The average Bonchev–Trinajstić information content (AvgIpc) is 2.14. The van der Waals surface area contributed by atoms with Gasteiger partial charge in [-0.15, -0.1) is 6.58 Å². The number of rotatable bonds is 4. The minimum Gasteiger partial charge on any atom is -0.307 e. The molecule has 0 fully saturated rings. The lowest BCUT2D eigenvalue weighted by atomic mass is 10.1. The van der Waals surface area contributed by atoms with Gasteiger partial charge in [0, 0.05) is 17.6 Å². The van der Waals surface area contributed by atoms with Gasteiger partial charge in [-0.25, -0.2) is 0 Å². The lowest BCUT2D eigenvalue weighted by Gasteiger charge is -2.12. The fourth-order valence-corrected chi connectivity index (χ4v) is 1.35. The maximum Gasteiger partial charge on any atom is 0.0409 e. The molecule has 0 radical (unpaired) electrons. The highest BCUT2D eigenvalue weighted by molar-refractivity contribution is 6.30. The third kappa shape index (κ3) is 3.21. The summed E-state index contributed by atoms with van der Waals surface area (Å²) in [4.78, 5) is 0. The number of nitrogens with one attached hydrogen (secondary N) is 1. The van der Waals surface area contributed by atoms with Crippen LogP contribution < -0.4 is 5.32 Å². The molecule has 13 heavy (non-hydrogen) atoms. The van der Waals surface area contributed by atoms with Crippen molar-refractivity contribution in [3.05, 3.63) is 47.5 Å². The molecule has 1 nitrogen and oxygen atoms in total. The molecular weight excluding hydrogens is 182 g/mol. The third-order valence-corrected chi connectivity index (χ3v) is 2.15. The average molecular weight is 196 g/mol. The SMILES string of the molecule is C=CCN[C@H](C)c1cccc(Cl)c1. The van der Waals surface area contributed by atoms with E-state index in [2.05, 4.69) is 24.9 Å². The Balaban J connectivity index is 2.65. The van der Waals surface area contributed by atoms with Gasteiger partial charge >= 0.3 is 0 Å². The minimum absolute atomic E-state index is 0.316. The molecule has 70 valence electrons. The van der Waals surface area contributed by atoms with E-state index in [1.807, 2.05) is 24.3 Å². The van der Waals surface area contributed by atoms with Crippen LogP contribution in [0.3, 0.4) is 0 Å². The van der Waals surface area contributed by atoms with Crippen LogP contribution in [0.25, 0.3) is 0 Å². The molecule has 0 saturated carbocycles. The van der Waals surface area contributed by atoms with Crippen LogP contribution in [0.15, 0.2) is 36.9 Å². The molecule has 0 bridgehead atoms. The quantitative estimate of drug-likeness (QED) is 0.728. The monoisotopic (exact) mass is 195 g/mol. The van der Waals surface area contributed by atoms with E-state index in [4.69, 9.17) is 11.6 Å². The maximum absolute atomic E-state index is 5.88. The van der Waals surface area contributed by atoms with Crippen molar-refractivity contribution in [1.29, 1.82) is 0 Å². The number of hydrogen-bond donors (Lipinski definition) is 1. The first-order valence-corrected chi connectivity index (χ1v) is 4.71. The first kappa shape index (κ1) is 10.3. The lowest BCUT2D eigenvalue weighted by molar-refractivity contribution is 0.618. The predicted molar refractivity (Wildman–Crippen MR) is 58.1 cm³/mol. The second-order valence-corrected chi connectivity index (χ2v) is 3.41. The summed E-state index contributed by atoms with van der Waals surface area (Å²) in [5, 5.41) is 4.08. The van der Waals surface area contributed by atoms with Crippen LogP contribution in [0.5, 0.6) is 0 Å². The van der Waals surface area contributed by atoms with Crippen molar-refractivity contribution in [2.45, 2.75) is 13.0 Å². The summed E-state index contributed by atoms with van der Waals surface area (Å²) >= 11 is 5.88. The predicted octanol–water partition coefficient (Wildman–Crippen LogP) is 3.18. The molecule has 0 aromatic heterocycles. The third-order valence-electron chi connectivity index (χ3n) is 1.92. The van der Waals surface area contributed by atoms with Gasteiger partial charge in [0.05, 0.1) is 0 Å².